The molecule has 2 nitrogen and oxygen atoms in total. The Bertz CT molecular complexity index is 610. The van der Waals surface area contributed by atoms with E-state index in [-0.39, 0.29) is 5.97 Å². The largest absolute Gasteiger partial charge is 0.423 e. The summed E-state index contributed by atoms with van der Waals surface area (Å²) in [5.41, 5.74) is 4.09. The fourth-order valence-electron chi connectivity index (χ4n) is 1.95. The summed E-state index contributed by atoms with van der Waals surface area (Å²) in [4.78, 5) is 12.1. The van der Waals surface area contributed by atoms with Crippen molar-refractivity contribution < 1.29 is 9.53 Å². The molecule has 0 fully saturated rings. The van der Waals surface area contributed by atoms with Crippen LogP contribution in [0.5, 0.6) is 5.75 Å². The van der Waals surface area contributed by atoms with Crippen LogP contribution in [-0.2, 0) is 0 Å². The van der Waals surface area contributed by atoms with Gasteiger partial charge in [-0.15, -0.1) is 0 Å². The third-order valence-electron chi connectivity index (χ3n) is 3.50. The van der Waals surface area contributed by atoms with Crippen LogP contribution in [-0.4, -0.2) is 5.97 Å². The highest BCUT2D eigenvalue weighted by Crippen LogP contribution is 2.19. The summed E-state index contributed by atoms with van der Waals surface area (Å²) >= 11 is 0. The van der Waals surface area contributed by atoms with Gasteiger partial charge in [0.15, 0.2) is 0 Å². The predicted molar refractivity (Wildman–Crippen MR) is 81.4 cm³/mol. The van der Waals surface area contributed by atoms with Crippen molar-refractivity contribution in [2.45, 2.75) is 33.6 Å². The molecule has 20 heavy (non-hydrogen) atoms. The molecule has 0 saturated carbocycles. The van der Waals surface area contributed by atoms with Gasteiger partial charge >= 0.3 is 5.97 Å². The predicted octanol–water partition coefficient (Wildman–Crippen LogP) is 4.65. The second-order valence-corrected chi connectivity index (χ2v) is 5.41. The Morgan fingerprint density at radius 2 is 1.60 bits per heavy atom. The first-order valence-electron chi connectivity index (χ1n) is 6.87. The quantitative estimate of drug-likeness (QED) is 0.598. The Labute approximate surface area is 120 Å². The number of ether oxygens (including phenoxy) is 1. The van der Waals surface area contributed by atoms with E-state index in [1.165, 1.54) is 11.1 Å². The molecule has 0 radical (unpaired) electrons. The Morgan fingerprint density at radius 1 is 0.950 bits per heavy atom. The number of hydrogen-bond acceptors (Lipinski definition) is 2. The minimum absolute atomic E-state index is 0.316. The number of rotatable bonds is 3. The van der Waals surface area contributed by atoms with E-state index in [4.69, 9.17) is 4.74 Å². The lowest BCUT2D eigenvalue weighted by Gasteiger charge is -2.08. The van der Waals surface area contributed by atoms with Crippen LogP contribution in [0.15, 0.2) is 42.5 Å². The summed E-state index contributed by atoms with van der Waals surface area (Å²) in [7, 11) is 0. The van der Waals surface area contributed by atoms with Crippen LogP contribution < -0.4 is 4.74 Å². The van der Waals surface area contributed by atoms with Gasteiger partial charge in [0.1, 0.15) is 5.75 Å². The van der Waals surface area contributed by atoms with Crippen molar-refractivity contribution >= 4 is 5.97 Å². The van der Waals surface area contributed by atoms with Crippen molar-refractivity contribution in [1.82, 2.24) is 0 Å². The zero-order valence-electron chi connectivity index (χ0n) is 12.4. The van der Waals surface area contributed by atoms with Crippen LogP contribution in [0, 0.1) is 13.8 Å². The maximum atomic E-state index is 12.1. The molecule has 2 heteroatoms. The SMILES string of the molecule is Cc1ccc(OC(=O)c2ccc(C(C)C)cc2)cc1C. The van der Waals surface area contributed by atoms with E-state index in [0.717, 1.165) is 5.56 Å². The topological polar surface area (TPSA) is 26.3 Å². The highest BCUT2D eigenvalue weighted by Gasteiger charge is 2.09. The molecule has 0 saturated heterocycles. The summed E-state index contributed by atoms with van der Waals surface area (Å²) < 4.78 is 5.40. The van der Waals surface area contributed by atoms with Gasteiger partial charge in [-0.2, -0.15) is 0 Å². The minimum atomic E-state index is -0.316. The van der Waals surface area contributed by atoms with Crippen LogP contribution in [0.1, 0.15) is 46.8 Å². The molecule has 0 heterocycles. The highest BCUT2D eigenvalue weighted by molar-refractivity contribution is 5.91. The molecular weight excluding hydrogens is 248 g/mol. The fourth-order valence-corrected chi connectivity index (χ4v) is 1.95. The zero-order valence-corrected chi connectivity index (χ0v) is 12.4. The maximum absolute atomic E-state index is 12.1. The van der Waals surface area contributed by atoms with Crippen molar-refractivity contribution in [3.63, 3.8) is 0 Å². The Balaban J connectivity index is 2.13. The smallest absolute Gasteiger partial charge is 0.343 e. The molecule has 2 aromatic carbocycles. The summed E-state index contributed by atoms with van der Waals surface area (Å²) in [6.07, 6.45) is 0. The molecule has 0 aromatic heterocycles. The molecule has 0 amide bonds. The van der Waals surface area contributed by atoms with Crippen molar-refractivity contribution in [1.29, 1.82) is 0 Å². The van der Waals surface area contributed by atoms with Crippen molar-refractivity contribution in [2.24, 2.45) is 0 Å². The maximum Gasteiger partial charge on any atom is 0.343 e. The molecule has 0 aliphatic carbocycles. The standard InChI is InChI=1S/C18H20O2/c1-12(2)15-6-8-16(9-7-15)18(19)20-17-10-5-13(3)14(4)11-17/h5-12H,1-4H3. The minimum Gasteiger partial charge on any atom is -0.423 e. The summed E-state index contributed by atoms with van der Waals surface area (Å²) in [5, 5.41) is 0. The van der Waals surface area contributed by atoms with E-state index < -0.39 is 0 Å². The van der Waals surface area contributed by atoms with Crippen molar-refractivity contribution in [2.75, 3.05) is 0 Å². The molecule has 2 rings (SSSR count). The van der Waals surface area contributed by atoms with Crippen molar-refractivity contribution in [3.05, 3.63) is 64.7 Å². The lowest BCUT2D eigenvalue weighted by Crippen LogP contribution is -2.08. The van der Waals surface area contributed by atoms with Gasteiger partial charge in [0.05, 0.1) is 5.56 Å². The first-order valence-corrected chi connectivity index (χ1v) is 6.87. The van der Waals surface area contributed by atoms with Crippen LogP contribution >= 0.6 is 0 Å². The van der Waals surface area contributed by atoms with Gasteiger partial charge in [-0.1, -0.05) is 32.0 Å². The van der Waals surface area contributed by atoms with Crippen LogP contribution in [0.2, 0.25) is 0 Å². The molecule has 0 N–H and O–H groups in total. The molecule has 2 aromatic rings. The monoisotopic (exact) mass is 268 g/mol. The van der Waals surface area contributed by atoms with E-state index >= 15 is 0 Å². The number of esters is 1. The van der Waals surface area contributed by atoms with Gasteiger partial charge in [-0.05, 0) is 60.7 Å². The molecule has 104 valence electrons. The molecule has 0 bridgehead atoms. The first kappa shape index (κ1) is 14.3. The zero-order chi connectivity index (χ0) is 14.7. The van der Waals surface area contributed by atoms with E-state index in [9.17, 15) is 4.79 Å². The van der Waals surface area contributed by atoms with E-state index in [1.54, 1.807) is 0 Å². The summed E-state index contributed by atoms with van der Waals surface area (Å²) in [6, 6.07) is 13.2. The van der Waals surface area contributed by atoms with Gasteiger partial charge in [0, 0.05) is 0 Å². The first-order chi connectivity index (χ1) is 9.47. The van der Waals surface area contributed by atoms with Gasteiger partial charge < -0.3 is 4.74 Å². The van der Waals surface area contributed by atoms with Crippen molar-refractivity contribution in [3.8, 4) is 5.75 Å². The average molecular weight is 268 g/mol. The molecule has 0 unspecified atom stereocenters. The summed E-state index contributed by atoms with van der Waals surface area (Å²) in [5.74, 6) is 0.731. The Hall–Kier alpha value is -2.09. The van der Waals surface area contributed by atoms with E-state index in [1.807, 2.05) is 56.3 Å². The number of carbonyl (C=O) groups excluding carboxylic acids is 1. The normalized spacial score (nSPS) is 10.7. The Kier molecular flexibility index (Phi) is 4.23. The van der Waals surface area contributed by atoms with Crippen LogP contribution in [0.25, 0.3) is 0 Å². The molecule has 0 atom stereocenters. The third kappa shape index (κ3) is 3.27. The molecule has 0 aliphatic heterocycles. The number of aryl methyl sites for hydroxylation is 2. The number of hydrogen-bond donors (Lipinski definition) is 0. The second-order valence-electron chi connectivity index (χ2n) is 5.41. The third-order valence-corrected chi connectivity index (χ3v) is 3.50. The van der Waals surface area contributed by atoms with Crippen LogP contribution in [0.4, 0.5) is 0 Å². The Morgan fingerprint density at radius 3 is 2.15 bits per heavy atom. The average Bonchev–Trinajstić information content (AvgIpc) is 2.43. The number of carbonyl (C=O) groups is 1. The molecule has 0 aliphatic rings. The number of benzene rings is 2. The van der Waals surface area contributed by atoms with Crippen LogP contribution in [0.3, 0.4) is 0 Å². The fraction of sp³-hybridized carbons (Fsp3) is 0.278. The van der Waals surface area contributed by atoms with Gasteiger partial charge in [0.25, 0.3) is 0 Å². The molecular formula is C18H20O2. The van der Waals surface area contributed by atoms with E-state index in [0.29, 0.717) is 17.2 Å². The second kappa shape index (κ2) is 5.91. The van der Waals surface area contributed by atoms with Gasteiger partial charge in [-0.3, -0.25) is 0 Å². The lowest BCUT2D eigenvalue weighted by atomic mass is 10.0. The van der Waals surface area contributed by atoms with Gasteiger partial charge in [0.2, 0.25) is 0 Å². The van der Waals surface area contributed by atoms with Gasteiger partial charge in [-0.25, -0.2) is 4.79 Å². The van der Waals surface area contributed by atoms with E-state index in [2.05, 4.69) is 13.8 Å². The lowest BCUT2D eigenvalue weighted by molar-refractivity contribution is 0.0734. The highest BCUT2D eigenvalue weighted by atomic mass is 16.5. The summed E-state index contributed by atoms with van der Waals surface area (Å²) in [6.45, 7) is 8.29. The molecule has 0 spiro atoms.